The van der Waals surface area contributed by atoms with Gasteiger partial charge in [-0.3, -0.25) is 4.79 Å². The number of benzene rings is 2. The molecule has 0 bridgehead atoms. The highest BCUT2D eigenvalue weighted by Crippen LogP contribution is 2.21. The second kappa shape index (κ2) is 8.21. The van der Waals surface area contributed by atoms with Gasteiger partial charge in [-0.15, -0.1) is 11.8 Å². The molecule has 0 saturated carbocycles. The highest BCUT2D eigenvalue weighted by Gasteiger charge is 2.07. The van der Waals surface area contributed by atoms with Crippen molar-refractivity contribution in [1.82, 2.24) is 4.57 Å². The molecule has 3 aromatic rings. The van der Waals surface area contributed by atoms with Crippen LogP contribution < -0.4 is 4.80 Å². The molecule has 1 heterocycles. The van der Waals surface area contributed by atoms with Gasteiger partial charge >= 0.3 is 0 Å². The van der Waals surface area contributed by atoms with Crippen molar-refractivity contribution in [3.05, 3.63) is 57.9 Å². The van der Waals surface area contributed by atoms with E-state index in [1.807, 2.05) is 24.3 Å². The lowest BCUT2D eigenvalue weighted by Gasteiger charge is -2.01. The Bertz CT molecular complexity index is 958. The Morgan fingerprint density at radius 3 is 2.72 bits per heavy atom. The fraction of sp³-hybridized carbons (Fsp3) is 0.263. The monoisotopic (exact) mass is 390 g/mol. The molecule has 0 aliphatic heterocycles. The number of aromatic nitrogens is 1. The number of thiazole rings is 1. The van der Waals surface area contributed by atoms with Gasteiger partial charge in [-0.25, -0.2) is 0 Å². The Balaban J connectivity index is 1.72. The van der Waals surface area contributed by atoms with Gasteiger partial charge in [-0.05, 0) is 55.8 Å². The predicted octanol–water partition coefficient (Wildman–Crippen LogP) is 5.29. The molecule has 0 spiro atoms. The van der Waals surface area contributed by atoms with Crippen LogP contribution in [0.1, 0.15) is 18.9 Å². The van der Waals surface area contributed by atoms with Crippen molar-refractivity contribution in [2.24, 2.45) is 4.99 Å². The minimum atomic E-state index is -0.0769. The zero-order valence-corrected chi connectivity index (χ0v) is 16.5. The van der Waals surface area contributed by atoms with Crippen LogP contribution in [0.5, 0.6) is 0 Å². The van der Waals surface area contributed by atoms with Gasteiger partial charge < -0.3 is 4.57 Å². The van der Waals surface area contributed by atoms with Crippen molar-refractivity contribution in [1.29, 1.82) is 0 Å². The fourth-order valence-electron chi connectivity index (χ4n) is 2.52. The van der Waals surface area contributed by atoms with Crippen LogP contribution in [-0.2, 0) is 11.3 Å². The molecule has 0 N–H and O–H groups in total. The van der Waals surface area contributed by atoms with Gasteiger partial charge in [0.2, 0.25) is 5.91 Å². The van der Waals surface area contributed by atoms with Crippen LogP contribution in [0.3, 0.4) is 0 Å². The average molecular weight is 391 g/mol. The quantitative estimate of drug-likeness (QED) is 0.554. The van der Waals surface area contributed by atoms with E-state index in [0.717, 1.165) is 26.8 Å². The SMILES string of the molecule is CCn1c(=NC(=O)CCSc2ccc(Cl)cc2)sc2cc(C)ccc21. The minimum Gasteiger partial charge on any atom is -0.317 e. The molecule has 0 radical (unpaired) electrons. The van der Waals surface area contributed by atoms with Crippen LogP contribution in [0.25, 0.3) is 10.2 Å². The van der Waals surface area contributed by atoms with Gasteiger partial charge in [0.25, 0.3) is 0 Å². The van der Waals surface area contributed by atoms with Crippen molar-refractivity contribution in [3.8, 4) is 0 Å². The molecular formula is C19H19ClN2OS2. The molecule has 1 amide bonds. The molecule has 3 nitrogen and oxygen atoms in total. The lowest BCUT2D eigenvalue weighted by atomic mass is 10.2. The molecule has 0 aliphatic rings. The van der Waals surface area contributed by atoms with Crippen molar-refractivity contribution in [2.75, 3.05) is 5.75 Å². The summed E-state index contributed by atoms with van der Waals surface area (Å²) >= 11 is 9.10. The number of amides is 1. The summed E-state index contributed by atoms with van der Waals surface area (Å²) in [5, 5.41) is 0.722. The maximum Gasteiger partial charge on any atom is 0.249 e. The van der Waals surface area contributed by atoms with E-state index >= 15 is 0 Å². The first-order valence-corrected chi connectivity index (χ1v) is 10.3. The lowest BCUT2D eigenvalue weighted by molar-refractivity contribution is -0.117. The van der Waals surface area contributed by atoms with Gasteiger partial charge in [-0.1, -0.05) is 29.0 Å². The second-order valence-electron chi connectivity index (χ2n) is 5.66. The molecule has 1 aromatic heterocycles. The number of hydrogen-bond acceptors (Lipinski definition) is 3. The minimum absolute atomic E-state index is 0.0769. The Morgan fingerprint density at radius 1 is 1.24 bits per heavy atom. The topological polar surface area (TPSA) is 34.4 Å². The van der Waals surface area contributed by atoms with E-state index in [1.165, 1.54) is 10.3 Å². The molecular weight excluding hydrogens is 372 g/mol. The van der Waals surface area contributed by atoms with Crippen LogP contribution in [0.15, 0.2) is 52.4 Å². The summed E-state index contributed by atoms with van der Waals surface area (Å²) in [6.45, 7) is 4.95. The number of carbonyl (C=O) groups excluding carboxylic acids is 1. The first-order chi connectivity index (χ1) is 12.1. The lowest BCUT2D eigenvalue weighted by Crippen LogP contribution is -2.15. The van der Waals surface area contributed by atoms with Gasteiger partial charge in [0, 0.05) is 28.6 Å². The number of hydrogen-bond donors (Lipinski definition) is 0. The number of nitrogens with zero attached hydrogens (tertiary/aromatic N) is 2. The third-order valence-electron chi connectivity index (χ3n) is 3.77. The van der Waals surface area contributed by atoms with Crippen molar-refractivity contribution >= 4 is 50.8 Å². The number of fused-ring (bicyclic) bond motifs is 1. The summed E-state index contributed by atoms with van der Waals surface area (Å²) < 4.78 is 3.27. The summed E-state index contributed by atoms with van der Waals surface area (Å²) in [5.41, 5.74) is 2.36. The van der Waals surface area contributed by atoms with Crippen molar-refractivity contribution in [2.45, 2.75) is 31.7 Å². The standard InChI is InChI=1S/C19H19ClN2OS2/c1-3-22-16-9-4-13(2)12-17(16)25-19(22)21-18(23)10-11-24-15-7-5-14(20)6-8-15/h4-9,12H,3,10-11H2,1-2H3. The fourth-order valence-corrected chi connectivity index (χ4v) is 4.70. The largest absolute Gasteiger partial charge is 0.317 e. The van der Waals surface area contributed by atoms with Gasteiger partial charge in [0.1, 0.15) is 0 Å². The number of aryl methyl sites for hydroxylation is 2. The summed E-state index contributed by atoms with van der Waals surface area (Å²) in [6, 6.07) is 14.0. The van der Waals surface area contributed by atoms with Crippen molar-refractivity contribution < 1.29 is 4.79 Å². The van der Waals surface area contributed by atoms with E-state index in [2.05, 4.69) is 41.6 Å². The maximum atomic E-state index is 12.3. The van der Waals surface area contributed by atoms with Crippen LogP contribution in [-0.4, -0.2) is 16.2 Å². The Labute approximate surface area is 160 Å². The molecule has 2 aromatic carbocycles. The van der Waals surface area contributed by atoms with Crippen LogP contribution in [0.4, 0.5) is 0 Å². The molecule has 25 heavy (non-hydrogen) atoms. The van der Waals surface area contributed by atoms with Gasteiger partial charge in [0.05, 0.1) is 10.2 Å². The summed E-state index contributed by atoms with van der Waals surface area (Å²) in [6.07, 6.45) is 0.421. The van der Waals surface area contributed by atoms with Crippen molar-refractivity contribution in [3.63, 3.8) is 0 Å². The van der Waals surface area contributed by atoms with Crippen LogP contribution in [0.2, 0.25) is 5.02 Å². The molecule has 130 valence electrons. The predicted molar refractivity (Wildman–Crippen MR) is 108 cm³/mol. The molecule has 0 fully saturated rings. The molecule has 0 unspecified atom stereocenters. The summed E-state index contributed by atoms with van der Waals surface area (Å²) in [4.78, 5) is 18.5. The van der Waals surface area contributed by atoms with E-state index < -0.39 is 0 Å². The number of halogens is 1. The van der Waals surface area contributed by atoms with E-state index in [4.69, 9.17) is 11.6 Å². The molecule has 3 rings (SSSR count). The number of thioether (sulfide) groups is 1. The zero-order valence-electron chi connectivity index (χ0n) is 14.2. The Hall–Kier alpha value is -1.56. The van der Waals surface area contributed by atoms with Gasteiger partial charge in [-0.2, -0.15) is 4.99 Å². The average Bonchev–Trinajstić information content (AvgIpc) is 2.92. The summed E-state index contributed by atoms with van der Waals surface area (Å²) in [5.74, 6) is 0.632. The third kappa shape index (κ3) is 4.54. The Morgan fingerprint density at radius 2 is 2.00 bits per heavy atom. The Kier molecular flexibility index (Phi) is 5.99. The second-order valence-corrected chi connectivity index (χ2v) is 8.27. The first kappa shape index (κ1) is 18.2. The van der Waals surface area contributed by atoms with E-state index in [-0.39, 0.29) is 5.91 Å². The highest BCUT2D eigenvalue weighted by atomic mass is 35.5. The first-order valence-electron chi connectivity index (χ1n) is 8.12. The summed E-state index contributed by atoms with van der Waals surface area (Å²) in [7, 11) is 0. The zero-order chi connectivity index (χ0) is 17.8. The molecule has 0 aliphatic carbocycles. The smallest absolute Gasteiger partial charge is 0.249 e. The number of rotatable bonds is 5. The molecule has 0 atom stereocenters. The van der Waals surface area contributed by atoms with Gasteiger partial charge in [0.15, 0.2) is 4.80 Å². The number of carbonyl (C=O) groups is 1. The normalized spacial score (nSPS) is 12.0. The highest BCUT2D eigenvalue weighted by molar-refractivity contribution is 7.99. The van der Waals surface area contributed by atoms with E-state index in [1.54, 1.807) is 23.1 Å². The van der Waals surface area contributed by atoms with E-state index in [0.29, 0.717) is 12.2 Å². The van der Waals surface area contributed by atoms with Crippen LogP contribution >= 0.6 is 34.7 Å². The molecule has 0 saturated heterocycles. The van der Waals surface area contributed by atoms with E-state index in [9.17, 15) is 4.79 Å². The third-order valence-corrected chi connectivity index (χ3v) is 6.08. The van der Waals surface area contributed by atoms with Crippen LogP contribution in [0, 0.1) is 6.92 Å². The maximum absolute atomic E-state index is 12.3. The molecule has 6 heteroatoms.